The summed E-state index contributed by atoms with van der Waals surface area (Å²) in [5, 5.41) is 12.6. The molecule has 0 unspecified atom stereocenters. The van der Waals surface area contributed by atoms with Crippen molar-refractivity contribution >= 4 is 53.9 Å². The van der Waals surface area contributed by atoms with Gasteiger partial charge < -0.3 is 0 Å². The minimum Gasteiger partial charge on any atom is -0.228 e. The minimum absolute atomic E-state index is 0.722. The zero-order valence-electron chi connectivity index (χ0n) is 23.9. The highest BCUT2D eigenvalue weighted by atomic mass is 14.9. The van der Waals surface area contributed by atoms with Crippen LogP contribution in [0.25, 0.3) is 87.8 Å². The first kappa shape index (κ1) is 24.7. The fraction of sp³-hybridized carbons (Fsp3) is 0. The van der Waals surface area contributed by atoms with Crippen molar-refractivity contribution in [1.29, 1.82) is 0 Å². The first-order chi connectivity index (χ1) is 21.8. The van der Waals surface area contributed by atoms with Gasteiger partial charge in [0, 0.05) is 16.7 Å². The molecule has 0 aliphatic heterocycles. The molecule has 8 aromatic carbocycles. The van der Waals surface area contributed by atoms with Gasteiger partial charge in [-0.2, -0.15) is 0 Å². The summed E-state index contributed by atoms with van der Waals surface area (Å²) in [6, 6.07) is 56.3. The summed E-state index contributed by atoms with van der Waals surface area (Å²) in [7, 11) is 0. The van der Waals surface area contributed by atoms with Crippen LogP contribution < -0.4 is 0 Å². The Balaban J connectivity index is 1.41. The Morgan fingerprint density at radius 1 is 0.295 bits per heavy atom. The molecule has 204 valence electrons. The Hall–Kier alpha value is -5.86. The van der Waals surface area contributed by atoms with E-state index >= 15 is 0 Å². The Morgan fingerprint density at radius 3 is 1.43 bits per heavy atom. The lowest BCUT2D eigenvalue weighted by atomic mass is 9.90. The van der Waals surface area contributed by atoms with E-state index in [-0.39, 0.29) is 0 Å². The van der Waals surface area contributed by atoms with E-state index in [4.69, 9.17) is 9.97 Å². The van der Waals surface area contributed by atoms with Gasteiger partial charge in [-0.05, 0) is 66.0 Å². The zero-order valence-corrected chi connectivity index (χ0v) is 23.9. The topological polar surface area (TPSA) is 25.8 Å². The van der Waals surface area contributed by atoms with Crippen molar-refractivity contribution in [3.63, 3.8) is 0 Å². The molecule has 9 aromatic rings. The van der Waals surface area contributed by atoms with Crippen LogP contribution in [-0.4, -0.2) is 9.97 Å². The molecule has 0 saturated carbocycles. The molecule has 0 bridgehead atoms. The van der Waals surface area contributed by atoms with E-state index in [1.807, 2.05) is 24.3 Å². The number of fused-ring (bicyclic) bond motifs is 5. The average molecular weight is 559 g/mol. The van der Waals surface area contributed by atoms with Crippen molar-refractivity contribution in [2.75, 3.05) is 0 Å². The lowest BCUT2D eigenvalue weighted by molar-refractivity contribution is 1.18. The summed E-state index contributed by atoms with van der Waals surface area (Å²) in [5.74, 6) is 0.722. The second-order valence-electron chi connectivity index (χ2n) is 11.4. The number of hydrogen-bond acceptors (Lipinski definition) is 2. The fourth-order valence-electron chi connectivity index (χ4n) is 6.79. The van der Waals surface area contributed by atoms with Crippen LogP contribution in [-0.2, 0) is 0 Å². The van der Waals surface area contributed by atoms with Crippen LogP contribution in [0.15, 0.2) is 158 Å². The molecule has 1 heterocycles. The van der Waals surface area contributed by atoms with Crippen LogP contribution in [0.1, 0.15) is 0 Å². The summed E-state index contributed by atoms with van der Waals surface area (Å²) >= 11 is 0. The Kier molecular flexibility index (Phi) is 5.54. The van der Waals surface area contributed by atoms with Gasteiger partial charge in [0.25, 0.3) is 0 Å². The molecule has 44 heavy (non-hydrogen) atoms. The second-order valence-corrected chi connectivity index (χ2v) is 11.4. The van der Waals surface area contributed by atoms with Crippen LogP contribution >= 0.6 is 0 Å². The standard InChI is InChI=1S/C42H26N2/c1-3-11-27(12-4-1)38-26-39(44-42(43-38)30-13-5-2-6-14-30)31-23-24-34-36-20-10-16-29-22-21-28-15-9-19-35(40(28)41(29)36)32-17-7-8-18-33(32)37(34)25-31/h1-26H. The predicted molar refractivity (Wildman–Crippen MR) is 186 cm³/mol. The van der Waals surface area contributed by atoms with Crippen molar-refractivity contribution in [3.05, 3.63) is 158 Å². The quantitative estimate of drug-likeness (QED) is 0.202. The molecular weight excluding hydrogens is 532 g/mol. The van der Waals surface area contributed by atoms with Crippen molar-refractivity contribution < 1.29 is 0 Å². The molecule has 0 saturated heterocycles. The van der Waals surface area contributed by atoms with Gasteiger partial charge in [-0.1, -0.05) is 146 Å². The highest BCUT2D eigenvalue weighted by Gasteiger charge is 2.15. The van der Waals surface area contributed by atoms with Crippen LogP contribution in [0.5, 0.6) is 0 Å². The number of benzene rings is 7. The Bertz CT molecular complexity index is 2480. The van der Waals surface area contributed by atoms with Crippen molar-refractivity contribution in [2.45, 2.75) is 0 Å². The van der Waals surface area contributed by atoms with Gasteiger partial charge >= 0.3 is 0 Å². The third-order valence-electron chi connectivity index (χ3n) is 8.83. The number of rotatable bonds is 3. The first-order valence-electron chi connectivity index (χ1n) is 15.0. The molecular formula is C42H26N2. The van der Waals surface area contributed by atoms with E-state index in [1.54, 1.807) is 0 Å². The molecule has 0 amide bonds. The molecule has 2 heteroatoms. The highest BCUT2D eigenvalue weighted by molar-refractivity contribution is 6.32. The maximum Gasteiger partial charge on any atom is 0.160 e. The maximum atomic E-state index is 5.14. The molecule has 9 rings (SSSR count). The first-order valence-corrected chi connectivity index (χ1v) is 15.0. The van der Waals surface area contributed by atoms with Crippen LogP contribution in [0.3, 0.4) is 0 Å². The molecule has 0 aliphatic carbocycles. The Morgan fingerprint density at radius 2 is 0.795 bits per heavy atom. The van der Waals surface area contributed by atoms with E-state index < -0.39 is 0 Å². The monoisotopic (exact) mass is 558 g/mol. The molecule has 0 fully saturated rings. The molecule has 0 aliphatic rings. The van der Waals surface area contributed by atoms with Crippen LogP contribution in [0.4, 0.5) is 0 Å². The van der Waals surface area contributed by atoms with Gasteiger partial charge in [-0.15, -0.1) is 0 Å². The lowest BCUT2D eigenvalue weighted by Crippen LogP contribution is -1.96. The third kappa shape index (κ3) is 3.89. The van der Waals surface area contributed by atoms with E-state index in [9.17, 15) is 0 Å². The number of hydrogen-bond donors (Lipinski definition) is 0. The molecule has 0 spiro atoms. The molecule has 1 aromatic heterocycles. The number of aromatic nitrogens is 2. The summed E-state index contributed by atoms with van der Waals surface area (Å²) in [6.45, 7) is 0. The average Bonchev–Trinajstić information content (AvgIpc) is 3.11. The van der Waals surface area contributed by atoms with Crippen molar-refractivity contribution in [1.82, 2.24) is 9.97 Å². The van der Waals surface area contributed by atoms with Gasteiger partial charge in [-0.25, -0.2) is 9.97 Å². The smallest absolute Gasteiger partial charge is 0.160 e. The maximum absolute atomic E-state index is 5.14. The van der Waals surface area contributed by atoms with Gasteiger partial charge in [0.05, 0.1) is 11.4 Å². The van der Waals surface area contributed by atoms with Gasteiger partial charge in [0.1, 0.15) is 0 Å². The SMILES string of the molecule is c1ccc(-c2cc(-c3ccc4c(c3)c3ccccc3c3cccc5ccc6cccc4c6c53)nc(-c3ccccc3)n2)cc1. The lowest BCUT2D eigenvalue weighted by Gasteiger charge is -2.14. The van der Waals surface area contributed by atoms with E-state index in [0.29, 0.717) is 0 Å². The number of nitrogens with zero attached hydrogens (tertiary/aromatic N) is 2. The zero-order chi connectivity index (χ0) is 29.0. The molecule has 0 N–H and O–H groups in total. The minimum atomic E-state index is 0.722. The molecule has 0 radical (unpaired) electrons. The summed E-state index contributed by atoms with van der Waals surface area (Å²) < 4.78 is 0. The second kappa shape index (κ2) is 9.86. The van der Waals surface area contributed by atoms with E-state index in [2.05, 4.69) is 133 Å². The van der Waals surface area contributed by atoms with E-state index in [0.717, 1.165) is 33.9 Å². The third-order valence-corrected chi connectivity index (χ3v) is 8.83. The van der Waals surface area contributed by atoms with Crippen molar-refractivity contribution in [2.24, 2.45) is 0 Å². The van der Waals surface area contributed by atoms with Crippen LogP contribution in [0, 0.1) is 0 Å². The molecule has 0 atom stereocenters. The summed E-state index contributed by atoms with van der Waals surface area (Å²) in [6.07, 6.45) is 0. The van der Waals surface area contributed by atoms with Crippen molar-refractivity contribution in [3.8, 4) is 33.9 Å². The Labute approximate surface area is 254 Å². The normalized spacial score (nSPS) is 11.6. The fourth-order valence-corrected chi connectivity index (χ4v) is 6.79. The van der Waals surface area contributed by atoms with Gasteiger partial charge in [0.2, 0.25) is 0 Å². The van der Waals surface area contributed by atoms with E-state index in [1.165, 1.54) is 53.9 Å². The predicted octanol–water partition coefficient (Wildman–Crippen LogP) is 11.2. The molecule has 2 nitrogen and oxygen atoms in total. The van der Waals surface area contributed by atoms with Gasteiger partial charge in [-0.3, -0.25) is 0 Å². The summed E-state index contributed by atoms with van der Waals surface area (Å²) in [4.78, 5) is 10.2. The summed E-state index contributed by atoms with van der Waals surface area (Å²) in [5.41, 5.74) is 4.95. The largest absolute Gasteiger partial charge is 0.228 e. The van der Waals surface area contributed by atoms with Gasteiger partial charge in [0.15, 0.2) is 5.82 Å². The van der Waals surface area contributed by atoms with Crippen LogP contribution in [0.2, 0.25) is 0 Å². The highest BCUT2D eigenvalue weighted by Crippen LogP contribution is 2.41.